The van der Waals surface area contributed by atoms with Crippen LogP contribution in [0.4, 0.5) is 5.69 Å². The van der Waals surface area contributed by atoms with Crippen molar-refractivity contribution in [1.82, 2.24) is 4.98 Å². The third kappa shape index (κ3) is 3.70. The van der Waals surface area contributed by atoms with E-state index >= 15 is 0 Å². The number of amides is 1. The van der Waals surface area contributed by atoms with Crippen molar-refractivity contribution in [3.05, 3.63) is 21.9 Å². The second-order valence-corrected chi connectivity index (χ2v) is 6.81. The zero-order valence-electron chi connectivity index (χ0n) is 10.2. The number of hydrogen-bond donors (Lipinski definition) is 0. The molecule has 1 saturated heterocycles. The molecule has 0 saturated carbocycles. The lowest BCUT2D eigenvalue weighted by atomic mass is 10.1. The largest absolute Gasteiger partial charge is 0.309 e. The standard InChI is InChI=1S/C12H12BrClN2O2S/c1-7(17)19-6-8-2-11(18)16(5-8)10-3-9(13)4-15-12(10)14/h3-4,8H,2,5-6H2,1H3. The average molecular weight is 364 g/mol. The molecule has 1 fully saturated rings. The summed E-state index contributed by atoms with van der Waals surface area (Å²) in [5.41, 5.74) is 0.622. The zero-order chi connectivity index (χ0) is 14.0. The van der Waals surface area contributed by atoms with Gasteiger partial charge < -0.3 is 4.90 Å². The van der Waals surface area contributed by atoms with E-state index in [1.165, 1.54) is 18.7 Å². The average Bonchev–Trinajstić information content (AvgIpc) is 2.71. The Labute approximate surface area is 129 Å². The first-order chi connectivity index (χ1) is 8.97. The lowest BCUT2D eigenvalue weighted by Crippen LogP contribution is -2.25. The van der Waals surface area contributed by atoms with E-state index in [9.17, 15) is 9.59 Å². The SMILES string of the molecule is CC(=O)SCC1CC(=O)N(c2cc(Br)cnc2Cl)C1. The van der Waals surface area contributed by atoms with Crippen molar-refractivity contribution in [2.24, 2.45) is 5.92 Å². The molecule has 1 aromatic heterocycles. The lowest BCUT2D eigenvalue weighted by molar-refractivity contribution is -0.117. The topological polar surface area (TPSA) is 50.3 Å². The number of anilines is 1. The normalized spacial score (nSPS) is 19.0. The molecule has 0 N–H and O–H groups in total. The van der Waals surface area contributed by atoms with Crippen molar-refractivity contribution < 1.29 is 9.59 Å². The maximum atomic E-state index is 12.0. The van der Waals surface area contributed by atoms with Crippen LogP contribution in [0, 0.1) is 5.92 Å². The Morgan fingerprint density at radius 2 is 2.42 bits per heavy atom. The van der Waals surface area contributed by atoms with Crippen LogP contribution in [0.2, 0.25) is 5.15 Å². The Morgan fingerprint density at radius 3 is 3.11 bits per heavy atom. The Morgan fingerprint density at radius 1 is 1.68 bits per heavy atom. The molecular formula is C12H12BrClN2O2S. The van der Waals surface area contributed by atoms with Gasteiger partial charge in [-0.1, -0.05) is 23.4 Å². The summed E-state index contributed by atoms with van der Waals surface area (Å²) < 4.78 is 0.779. The molecule has 0 aliphatic carbocycles. The number of aromatic nitrogens is 1. The zero-order valence-corrected chi connectivity index (χ0v) is 13.4. The molecule has 19 heavy (non-hydrogen) atoms. The van der Waals surface area contributed by atoms with Crippen LogP contribution in [0.5, 0.6) is 0 Å². The minimum atomic E-state index is 0.0240. The molecule has 1 unspecified atom stereocenters. The summed E-state index contributed by atoms with van der Waals surface area (Å²) in [6.45, 7) is 2.12. The van der Waals surface area contributed by atoms with E-state index in [-0.39, 0.29) is 16.9 Å². The van der Waals surface area contributed by atoms with Gasteiger partial charge in [0.2, 0.25) is 5.91 Å². The summed E-state index contributed by atoms with van der Waals surface area (Å²) in [5, 5.41) is 0.393. The fourth-order valence-electron chi connectivity index (χ4n) is 1.96. The number of pyridine rings is 1. The van der Waals surface area contributed by atoms with Gasteiger partial charge >= 0.3 is 0 Å². The summed E-state index contributed by atoms with van der Waals surface area (Å²) in [6.07, 6.45) is 2.04. The van der Waals surface area contributed by atoms with E-state index < -0.39 is 0 Å². The first-order valence-corrected chi connectivity index (χ1v) is 7.88. The number of halogens is 2. The molecule has 0 aromatic carbocycles. The lowest BCUT2D eigenvalue weighted by Gasteiger charge is -2.17. The van der Waals surface area contributed by atoms with Gasteiger partial charge in [0.1, 0.15) is 0 Å². The maximum absolute atomic E-state index is 12.0. The van der Waals surface area contributed by atoms with Gasteiger partial charge in [-0.15, -0.1) is 0 Å². The van der Waals surface area contributed by atoms with Crippen LogP contribution in [0.3, 0.4) is 0 Å². The van der Waals surface area contributed by atoms with Gasteiger partial charge in [-0.2, -0.15) is 0 Å². The van der Waals surface area contributed by atoms with Crippen LogP contribution in [0.1, 0.15) is 13.3 Å². The van der Waals surface area contributed by atoms with Crippen molar-refractivity contribution in [3.63, 3.8) is 0 Å². The molecule has 1 aliphatic heterocycles. The van der Waals surface area contributed by atoms with Gasteiger partial charge in [-0.3, -0.25) is 9.59 Å². The molecule has 0 radical (unpaired) electrons. The molecule has 2 rings (SSSR count). The summed E-state index contributed by atoms with van der Waals surface area (Å²) in [7, 11) is 0. The highest BCUT2D eigenvalue weighted by molar-refractivity contribution is 9.10. The Balaban J connectivity index is 2.11. The van der Waals surface area contributed by atoms with E-state index in [2.05, 4.69) is 20.9 Å². The summed E-state index contributed by atoms with van der Waals surface area (Å²) in [4.78, 5) is 28.6. The Hall–Kier alpha value is -0.590. The van der Waals surface area contributed by atoms with Crippen molar-refractivity contribution in [3.8, 4) is 0 Å². The van der Waals surface area contributed by atoms with Crippen molar-refractivity contribution >= 4 is 56.0 Å². The molecule has 0 spiro atoms. The molecule has 4 nitrogen and oxygen atoms in total. The molecule has 102 valence electrons. The van der Waals surface area contributed by atoms with E-state index in [0.29, 0.717) is 29.6 Å². The predicted molar refractivity (Wildman–Crippen MR) is 80.5 cm³/mol. The first-order valence-electron chi connectivity index (χ1n) is 5.72. The fraction of sp³-hybridized carbons (Fsp3) is 0.417. The second kappa shape index (κ2) is 6.24. The van der Waals surface area contributed by atoms with Crippen LogP contribution in [0.15, 0.2) is 16.7 Å². The van der Waals surface area contributed by atoms with Gasteiger partial charge in [-0.05, 0) is 27.9 Å². The molecular weight excluding hydrogens is 352 g/mol. The van der Waals surface area contributed by atoms with Crippen molar-refractivity contribution in [1.29, 1.82) is 0 Å². The minimum absolute atomic E-state index is 0.0240. The number of carbonyl (C=O) groups excluding carboxylic acids is 2. The number of hydrogen-bond acceptors (Lipinski definition) is 4. The Bertz CT molecular complexity index is 526. The Kier molecular flexibility index (Phi) is 4.86. The summed E-state index contributed by atoms with van der Waals surface area (Å²) in [5.74, 6) is 0.865. The summed E-state index contributed by atoms with van der Waals surface area (Å²) >= 11 is 10.6. The second-order valence-electron chi connectivity index (χ2n) is 4.34. The predicted octanol–water partition coefficient (Wildman–Crippen LogP) is 3.13. The highest BCUT2D eigenvalue weighted by Gasteiger charge is 2.32. The van der Waals surface area contributed by atoms with E-state index in [0.717, 1.165) is 4.47 Å². The maximum Gasteiger partial charge on any atom is 0.227 e. The minimum Gasteiger partial charge on any atom is -0.309 e. The van der Waals surface area contributed by atoms with E-state index in [1.54, 1.807) is 17.2 Å². The van der Waals surface area contributed by atoms with Crippen LogP contribution >= 0.6 is 39.3 Å². The van der Waals surface area contributed by atoms with E-state index in [1.807, 2.05) is 0 Å². The molecule has 1 amide bonds. The van der Waals surface area contributed by atoms with Gasteiger partial charge in [-0.25, -0.2) is 4.98 Å². The monoisotopic (exact) mass is 362 g/mol. The van der Waals surface area contributed by atoms with Gasteiger partial charge in [0.05, 0.1) is 5.69 Å². The van der Waals surface area contributed by atoms with Crippen LogP contribution in [-0.2, 0) is 9.59 Å². The number of carbonyl (C=O) groups is 2. The molecule has 7 heteroatoms. The van der Waals surface area contributed by atoms with Gasteiger partial charge in [0.25, 0.3) is 0 Å². The summed E-state index contributed by atoms with van der Waals surface area (Å²) in [6, 6.07) is 1.79. The molecule has 2 heterocycles. The quantitative estimate of drug-likeness (QED) is 0.774. The fourth-order valence-corrected chi connectivity index (χ4v) is 3.18. The number of thioether (sulfide) groups is 1. The van der Waals surface area contributed by atoms with Gasteiger partial charge in [0, 0.05) is 36.3 Å². The third-order valence-electron chi connectivity index (χ3n) is 2.81. The van der Waals surface area contributed by atoms with Gasteiger partial charge in [0.15, 0.2) is 10.3 Å². The van der Waals surface area contributed by atoms with Crippen molar-refractivity contribution in [2.45, 2.75) is 13.3 Å². The van der Waals surface area contributed by atoms with Crippen LogP contribution in [-0.4, -0.2) is 28.3 Å². The molecule has 1 aliphatic rings. The molecule has 1 atom stereocenters. The number of nitrogens with zero attached hydrogens (tertiary/aromatic N) is 2. The third-order valence-corrected chi connectivity index (χ3v) is 4.57. The van der Waals surface area contributed by atoms with Crippen LogP contribution < -0.4 is 4.90 Å². The van der Waals surface area contributed by atoms with E-state index in [4.69, 9.17) is 11.6 Å². The smallest absolute Gasteiger partial charge is 0.227 e. The molecule has 0 bridgehead atoms. The van der Waals surface area contributed by atoms with Crippen LogP contribution in [0.25, 0.3) is 0 Å². The highest BCUT2D eigenvalue weighted by atomic mass is 79.9. The molecule has 1 aromatic rings. The number of rotatable bonds is 3. The highest BCUT2D eigenvalue weighted by Crippen LogP contribution is 2.32. The van der Waals surface area contributed by atoms with Crippen molar-refractivity contribution in [2.75, 3.05) is 17.2 Å². The first kappa shape index (κ1) is 14.8.